The largest absolute Gasteiger partial charge is 0.416 e. The van der Waals surface area contributed by atoms with Crippen LogP contribution in [-0.2, 0) is 19.8 Å². The summed E-state index contributed by atoms with van der Waals surface area (Å²) in [5, 5.41) is 4.20. The van der Waals surface area contributed by atoms with E-state index in [4.69, 9.17) is 0 Å². The van der Waals surface area contributed by atoms with Crippen molar-refractivity contribution in [3.8, 4) is 0 Å². The third kappa shape index (κ3) is 2.36. The molecule has 22 heavy (non-hydrogen) atoms. The summed E-state index contributed by atoms with van der Waals surface area (Å²) in [6, 6.07) is 5.17. The van der Waals surface area contributed by atoms with Crippen molar-refractivity contribution in [3.05, 3.63) is 58.3 Å². The number of hydrogen-bond donors (Lipinski definition) is 0. The molecular formula is C14H11F3N4O. The van der Waals surface area contributed by atoms with Crippen molar-refractivity contribution in [2.45, 2.75) is 12.7 Å². The van der Waals surface area contributed by atoms with Gasteiger partial charge in [0.15, 0.2) is 5.65 Å². The van der Waals surface area contributed by atoms with Crippen LogP contribution in [0.1, 0.15) is 11.1 Å². The van der Waals surface area contributed by atoms with Crippen molar-refractivity contribution in [1.82, 2.24) is 19.3 Å². The number of benzene rings is 1. The van der Waals surface area contributed by atoms with Crippen LogP contribution >= 0.6 is 0 Å². The quantitative estimate of drug-likeness (QED) is 0.729. The number of aromatic nitrogens is 4. The first kappa shape index (κ1) is 14.3. The van der Waals surface area contributed by atoms with Gasteiger partial charge in [-0.3, -0.25) is 14.0 Å². The smallest absolute Gasteiger partial charge is 0.294 e. The summed E-state index contributed by atoms with van der Waals surface area (Å²) in [5.74, 6) is 0. The summed E-state index contributed by atoms with van der Waals surface area (Å²) in [4.78, 5) is 16.4. The zero-order valence-corrected chi connectivity index (χ0v) is 11.5. The number of halogens is 3. The van der Waals surface area contributed by atoms with Crippen LogP contribution in [-0.4, -0.2) is 19.3 Å². The number of hydrogen-bond acceptors (Lipinski definition) is 3. The van der Waals surface area contributed by atoms with Gasteiger partial charge in [-0.2, -0.15) is 18.3 Å². The van der Waals surface area contributed by atoms with Gasteiger partial charge in [0, 0.05) is 7.05 Å². The number of aryl methyl sites for hydroxylation is 1. The third-order valence-corrected chi connectivity index (χ3v) is 3.38. The molecule has 114 valence electrons. The summed E-state index contributed by atoms with van der Waals surface area (Å²) in [7, 11) is 1.64. The molecule has 1 aromatic carbocycles. The highest BCUT2D eigenvalue weighted by Crippen LogP contribution is 2.32. The lowest BCUT2D eigenvalue weighted by Crippen LogP contribution is -2.22. The average molecular weight is 308 g/mol. The average Bonchev–Trinajstić information content (AvgIpc) is 2.84. The zero-order valence-electron chi connectivity index (χ0n) is 11.5. The summed E-state index contributed by atoms with van der Waals surface area (Å²) in [5.41, 5.74) is -0.768. The van der Waals surface area contributed by atoms with Crippen LogP contribution in [0.15, 0.2) is 41.6 Å². The van der Waals surface area contributed by atoms with Crippen LogP contribution in [0.2, 0.25) is 0 Å². The highest BCUT2D eigenvalue weighted by molar-refractivity contribution is 5.72. The molecule has 5 nitrogen and oxygen atoms in total. The molecule has 0 saturated heterocycles. The molecule has 0 fully saturated rings. The molecule has 0 spiro atoms. The minimum absolute atomic E-state index is 0.0159. The third-order valence-electron chi connectivity index (χ3n) is 3.38. The van der Waals surface area contributed by atoms with Gasteiger partial charge in [0.05, 0.1) is 18.3 Å². The molecule has 0 bridgehead atoms. The van der Waals surface area contributed by atoms with Crippen LogP contribution in [0, 0.1) is 0 Å². The predicted molar refractivity (Wildman–Crippen MR) is 73.3 cm³/mol. The van der Waals surface area contributed by atoms with E-state index in [9.17, 15) is 18.0 Å². The minimum atomic E-state index is -4.47. The number of rotatable bonds is 2. The molecule has 0 radical (unpaired) electrons. The van der Waals surface area contributed by atoms with Gasteiger partial charge in [-0.15, -0.1) is 0 Å². The molecule has 8 heteroatoms. The van der Waals surface area contributed by atoms with Crippen molar-refractivity contribution >= 4 is 11.0 Å². The van der Waals surface area contributed by atoms with Gasteiger partial charge in [-0.05, 0) is 11.6 Å². The molecule has 3 aromatic rings. The standard InChI is InChI=1S/C14H11F3N4O/c1-20-12-10(6-19-20)13(22)21(8-18-12)7-9-4-2-3-5-11(9)14(15,16)17/h2-6,8H,7H2,1H3. The Morgan fingerprint density at radius 3 is 2.68 bits per heavy atom. The molecular weight excluding hydrogens is 297 g/mol. The lowest BCUT2D eigenvalue weighted by atomic mass is 10.1. The van der Waals surface area contributed by atoms with Crippen molar-refractivity contribution < 1.29 is 13.2 Å². The molecule has 3 rings (SSSR count). The Balaban J connectivity index is 2.08. The second-order valence-electron chi connectivity index (χ2n) is 4.84. The molecule has 0 aliphatic heterocycles. The Morgan fingerprint density at radius 2 is 1.95 bits per heavy atom. The minimum Gasteiger partial charge on any atom is -0.294 e. The molecule has 0 N–H and O–H groups in total. The van der Waals surface area contributed by atoms with Gasteiger partial charge in [0.25, 0.3) is 5.56 Å². The second-order valence-corrected chi connectivity index (χ2v) is 4.84. The normalized spacial score (nSPS) is 12.0. The molecule has 0 unspecified atom stereocenters. The lowest BCUT2D eigenvalue weighted by Gasteiger charge is -2.13. The van der Waals surface area contributed by atoms with Crippen LogP contribution in [0.3, 0.4) is 0 Å². The molecule has 0 amide bonds. The number of fused-ring (bicyclic) bond motifs is 1. The van der Waals surface area contributed by atoms with E-state index in [2.05, 4.69) is 10.1 Å². The van der Waals surface area contributed by atoms with E-state index >= 15 is 0 Å². The van der Waals surface area contributed by atoms with Crippen LogP contribution in [0.25, 0.3) is 11.0 Å². The van der Waals surface area contributed by atoms with E-state index in [0.717, 1.165) is 10.6 Å². The topological polar surface area (TPSA) is 52.7 Å². The first-order valence-electron chi connectivity index (χ1n) is 6.40. The van der Waals surface area contributed by atoms with E-state index in [1.807, 2.05) is 0 Å². The molecule has 2 heterocycles. The van der Waals surface area contributed by atoms with E-state index in [1.165, 1.54) is 35.4 Å². The van der Waals surface area contributed by atoms with E-state index in [0.29, 0.717) is 5.65 Å². The summed E-state index contributed by atoms with van der Waals surface area (Å²) in [6.45, 7) is -0.202. The van der Waals surface area contributed by atoms with Gasteiger partial charge < -0.3 is 0 Å². The Kier molecular flexibility index (Phi) is 3.23. The zero-order chi connectivity index (χ0) is 15.9. The molecule has 0 aliphatic carbocycles. The Hall–Kier alpha value is -2.64. The van der Waals surface area contributed by atoms with Crippen molar-refractivity contribution in [2.75, 3.05) is 0 Å². The second kappa shape index (κ2) is 4.97. The summed E-state index contributed by atoms with van der Waals surface area (Å²) >= 11 is 0. The van der Waals surface area contributed by atoms with E-state index in [1.54, 1.807) is 7.05 Å². The highest BCUT2D eigenvalue weighted by Gasteiger charge is 2.32. The van der Waals surface area contributed by atoms with Crippen molar-refractivity contribution in [3.63, 3.8) is 0 Å². The fourth-order valence-electron chi connectivity index (χ4n) is 2.30. The first-order valence-corrected chi connectivity index (χ1v) is 6.40. The molecule has 0 atom stereocenters. The van der Waals surface area contributed by atoms with Crippen LogP contribution in [0.4, 0.5) is 13.2 Å². The van der Waals surface area contributed by atoms with Gasteiger partial charge in [0.1, 0.15) is 11.7 Å². The van der Waals surface area contributed by atoms with Gasteiger partial charge in [-0.25, -0.2) is 4.98 Å². The lowest BCUT2D eigenvalue weighted by molar-refractivity contribution is -0.138. The van der Waals surface area contributed by atoms with Crippen molar-refractivity contribution in [2.24, 2.45) is 7.05 Å². The Morgan fingerprint density at radius 1 is 1.23 bits per heavy atom. The van der Waals surface area contributed by atoms with E-state index in [-0.39, 0.29) is 17.5 Å². The van der Waals surface area contributed by atoms with Crippen LogP contribution in [0.5, 0.6) is 0 Å². The molecule has 0 saturated carbocycles. The summed E-state index contributed by atoms with van der Waals surface area (Å²) < 4.78 is 41.6. The SMILES string of the molecule is Cn1ncc2c(=O)n(Cc3ccccc3C(F)(F)F)cnc21. The predicted octanol–water partition coefficient (Wildman–Crippen LogP) is 2.20. The number of nitrogens with zero attached hydrogens (tertiary/aromatic N) is 4. The molecule has 0 aliphatic rings. The fourth-order valence-corrected chi connectivity index (χ4v) is 2.30. The maximum Gasteiger partial charge on any atom is 0.416 e. The number of alkyl halides is 3. The van der Waals surface area contributed by atoms with Gasteiger partial charge in [-0.1, -0.05) is 18.2 Å². The fraction of sp³-hybridized carbons (Fsp3) is 0.214. The van der Waals surface area contributed by atoms with E-state index < -0.39 is 17.3 Å². The van der Waals surface area contributed by atoms with Crippen molar-refractivity contribution in [1.29, 1.82) is 0 Å². The van der Waals surface area contributed by atoms with Gasteiger partial charge in [0.2, 0.25) is 0 Å². The Labute approximate surface area is 122 Å². The Bertz CT molecular complexity index is 895. The summed E-state index contributed by atoms with van der Waals surface area (Å²) in [6.07, 6.45) is -1.87. The first-order chi connectivity index (χ1) is 10.4. The molecule has 2 aromatic heterocycles. The van der Waals surface area contributed by atoms with Crippen LogP contribution < -0.4 is 5.56 Å². The van der Waals surface area contributed by atoms with Gasteiger partial charge >= 0.3 is 6.18 Å². The highest BCUT2D eigenvalue weighted by atomic mass is 19.4. The maximum atomic E-state index is 13.0. The maximum absolute atomic E-state index is 13.0. The monoisotopic (exact) mass is 308 g/mol.